The lowest BCUT2D eigenvalue weighted by Crippen LogP contribution is -2.42. The third-order valence-corrected chi connectivity index (χ3v) is 6.99. The van der Waals surface area contributed by atoms with E-state index in [4.69, 9.17) is 0 Å². The molecule has 1 aromatic carbocycles. The Morgan fingerprint density at radius 1 is 1.21 bits per heavy atom. The fourth-order valence-electron chi connectivity index (χ4n) is 3.86. The van der Waals surface area contributed by atoms with Crippen molar-refractivity contribution in [1.82, 2.24) is 4.98 Å². The summed E-state index contributed by atoms with van der Waals surface area (Å²) >= 11 is 0. The number of carbonyl (C=O) groups is 1. The third-order valence-electron chi connectivity index (χ3n) is 5.51. The number of aromatic nitrogens is 1. The largest absolute Gasteiger partial charge is 0.419 e. The molecule has 1 fully saturated rings. The molecule has 0 spiro atoms. The molecule has 33 heavy (non-hydrogen) atoms. The average molecular weight is 485 g/mol. The molecular weight excluding hydrogens is 457 g/mol. The maximum atomic E-state index is 13.4. The van der Waals surface area contributed by atoms with Gasteiger partial charge in [-0.3, -0.25) is 9.52 Å². The molecule has 1 aliphatic rings. The van der Waals surface area contributed by atoms with Gasteiger partial charge in [0.05, 0.1) is 22.9 Å². The number of hydrogen-bond acceptors (Lipinski definition) is 5. The molecule has 1 unspecified atom stereocenters. The maximum absolute atomic E-state index is 13.4. The van der Waals surface area contributed by atoms with E-state index in [1.165, 1.54) is 17.2 Å². The van der Waals surface area contributed by atoms with Crippen molar-refractivity contribution in [1.29, 1.82) is 0 Å². The van der Waals surface area contributed by atoms with E-state index in [-0.39, 0.29) is 24.0 Å². The normalized spacial score (nSPS) is 17.0. The highest BCUT2D eigenvalue weighted by Crippen LogP contribution is 2.36. The molecule has 2 N–H and O–H groups in total. The number of alkyl halides is 3. The lowest BCUT2D eigenvalue weighted by molar-refractivity contribution is -0.137. The molecule has 1 amide bonds. The summed E-state index contributed by atoms with van der Waals surface area (Å²) in [5.41, 5.74) is 0.550. The van der Waals surface area contributed by atoms with Crippen molar-refractivity contribution < 1.29 is 26.4 Å². The zero-order valence-corrected chi connectivity index (χ0v) is 19.3. The van der Waals surface area contributed by atoms with Gasteiger partial charge in [-0.1, -0.05) is 13.0 Å². The zero-order valence-electron chi connectivity index (χ0n) is 18.4. The monoisotopic (exact) mass is 484 g/mol. The van der Waals surface area contributed by atoms with Gasteiger partial charge in [0, 0.05) is 25.0 Å². The lowest BCUT2D eigenvalue weighted by atomic mass is 9.96. The van der Waals surface area contributed by atoms with E-state index in [1.807, 2.05) is 0 Å². The van der Waals surface area contributed by atoms with Crippen LogP contribution in [-0.2, 0) is 21.0 Å². The molecule has 3 rings (SSSR count). The van der Waals surface area contributed by atoms with Crippen molar-refractivity contribution in [2.75, 3.05) is 33.8 Å². The number of benzene rings is 1. The van der Waals surface area contributed by atoms with E-state index in [9.17, 15) is 26.4 Å². The highest BCUT2D eigenvalue weighted by atomic mass is 32.2. The molecule has 2 aromatic rings. The average Bonchev–Trinajstić information content (AvgIpc) is 2.76. The molecule has 1 aromatic heterocycles. The first-order chi connectivity index (χ1) is 15.5. The molecule has 0 bridgehead atoms. The molecule has 180 valence electrons. The van der Waals surface area contributed by atoms with Crippen LogP contribution in [0, 0.1) is 12.8 Å². The third kappa shape index (κ3) is 6.16. The number of carbonyl (C=O) groups excluding carboxylic acids is 1. The van der Waals surface area contributed by atoms with Crippen LogP contribution in [0.25, 0.3) is 0 Å². The van der Waals surface area contributed by atoms with Crippen molar-refractivity contribution >= 4 is 33.1 Å². The fraction of sp³-hybridized carbons (Fsp3) is 0.455. The van der Waals surface area contributed by atoms with E-state index in [2.05, 4.69) is 15.0 Å². The second-order valence-electron chi connectivity index (χ2n) is 8.05. The van der Waals surface area contributed by atoms with Gasteiger partial charge in [-0.05, 0) is 56.0 Å². The number of nitrogens with zero attached hydrogens (tertiary/aromatic N) is 2. The Morgan fingerprint density at radius 2 is 1.94 bits per heavy atom. The number of amides is 1. The molecule has 11 heteroatoms. The Balaban J connectivity index is 1.75. The van der Waals surface area contributed by atoms with Gasteiger partial charge in [0.15, 0.2) is 0 Å². The van der Waals surface area contributed by atoms with Crippen LogP contribution in [0.3, 0.4) is 0 Å². The molecule has 1 aliphatic heterocycles. The standard InChI is InChI=1S/C22H27F3N4O3S/c1-3-13-33(31,32)28-19-10-4-9-18(15(19)2)27-21(30)16-7-6-12-29(14-16)20-17(22(23,24)25)8-5-11-26-20/h4-5,8-11,16,28H,3,6-7,12-14H2,1-2H3,(H,27,30). The fourth-order valence-corrected chi connectivity index (χ4v) is 5.05. The second-order valence-corrected chi connectivity index (χ2v) is 9.89. The Hall–Kier alpha value is -2.82. The minimum atomic E-state index is -4.54. The Bertz CT molecular complexity index is 1110. The van der Waals surface area contributed by atoms with E-state index < -0.39 is 27.7 Å². The van der Waals surface area contributed by atoms with Crippen molar-refractivity contribution in [2.24, 2.45) is 5.92 Å². The van der Waals surface area contributed by atoms with E-state index in [0.717, 1.165) is 6.07 Å². The number of piperidine rings is 1. The highest BCUT2D eigenvalue weighted by molar-refractivity contribution is 7.92. The predicted octanol–water partition coefficient (Wildman–Crippen LogP) is 4.42. The van der Waals surface area contributed by atoms with Gasteiger partial charge in [0.25, 0.3) is 0 Å². The molecule has 0 aliphatic carbocycles. The molecule has 2 heterocycles. The van der Waals surface area contributed by atoms with Gasteiger partial charge in [0.1, 0.15) is 5.82 Å². The maximum Gasteiger partial charge on any atom is 0.419 e. The van der Waals surface area contributed by atoms with Crippen molar-refractivity contribution in [3.05, 3.63) is 47.7 Å². The summed E-state index contributed by atoms with van der Waals surface area (Å²) in [6.07, 6.45) is -1.69. The number of rotatable bonds is 7. The Labute approximate surface area is 191 Å². The zero-order chi connectivity index (χ0) is 24.2. The quantitative estimate of drug-likeness (QED) is 0.607. The van der Waals surface area contributed by atoms with E-state index in [0.29, 0.717) is 42.7 Å². The summed E-state index contributed by atoms with van der Waals surface area (Å²) in [7, 11) is -3.50. The first-order valence-electron chi connectivity index (χ1n) is 10.7. The Morgan fingerprint density at radius 3 is 2.64 bits per heavy atom. The molecule has 1 saturated heterocycles. The van der Waals surface area contributed by atoms with Crippen LogP contribution < -0.4 is 14.9 Å². The molecule has 0 saturated carbocycles. The van der Waals surface area contributed by atoms with Gasteiger partial charge < -0.3 is 10.2 Å². The Kier molecular flexibility index (Phi) is 7.51. The summed E-state index contributed by atoms with van der Waals surface area (Å²) in [6.45, 7) is 3.93. The van der Waals surface area contributed by atoms with Crippen molar-refractivity contribution in [2.45, 2.75) is 39.3 Å². The first kappa shape index (κ1) is 24.8. The summed E-state index contributed by atoms with van der Waals surface area (Å²) in [5, 5.41) is 2.81. The summed E-state index contributed by atoms with van der Waals surface area (Å²) < 4.78 is 67.0. The summed E-state index contributed by atoms with van der Waals surface area (Å²) in [4.78, 5) is 18.4. The molecule has 7 nitrogen and oxygen atoms in total. The van der Waals surface area contributed by atoms with Crippen LogP contribution >= 0.6 is 0 Å². The van der Waals surface area contributed by atoms with Crippen LogP contribution in [0.2, 0.25) is 0 Å². The van der Waals surface area contributed by atoms with Gasteiger partial charge in [0.2, 0.25) is 15.9 Å². The van der Waals surface area contributed by atoms with Crippen LogP contribution in [-0.4, -0.2) is 38.2 Å². The lowest BCUT2D eigenvalue weighted by Gasteiger charge is -2.34. The molecular formula is C22H27F3N4O3S. The van der Waals surface area contributed by atoms with Gasteiger partial charge in [-0.15, -0.1) is 0 Å². The van der Waals surface area contributed by atoms with Gasteiger partial charge in [-0.2, -0.15) is 13.2 Å². The second kappa shape index (κ2) is 9.98. The topological polar surface area (TPSA) is 91.4 Å². The number of pyridine rings is 1. The number of hydrogen-bond donors (Lipinski definition) is 2. The van der Waals surface area contributed by atoms with Gasteiger partial charge >= 0.3 is 6.18 Å². The first-order valence-corrected chi connectivity index (χ1v) is 12.3. The smallest absolute Gasteiger partial charge is 0.355 e. The number of nitrogens with one attached hydrogen (secondary N) is 2. The molecule has 0 radical (unpaired) electrons. The van der Waals surface area contributed by atoms with Gasteiger partial charge in [-0.25, -0.2) is 13.4 Å². The SMILES string of the molecule is CCCS(=O)(=O)Nc1cccc(NC(=O)C2CCCN(c3ncccc3C(F)(F)F)C2)c1C. The molecule has 1 atom stereocenters. The summed E-state index contributed by atoms with van der Waals surface area (Å²) in [5.74, 6) is -1.07. The van der Waals surface area contributed by atoms with Crippen LogP contribution in [0.15, 0.2) is 36.5 Å². The van der Waals surface area contributed by atoms with Crippen molar-refractivity contribution in [3.63, 3.8) is 0 Å². The van der Waals surface area contributed by atoms with E-state index >= 15 is 0 Å². The van der Waals surface area contributed by atoms with Crippen LogP contribution in [0.4, 0.5) is 30.4 Å². The minimum Gasteiger partial charge on any atom is -0.355 e. The van der Waals surface area contributed by atoms with E-state index in [1.54, 1.807) is 32.0 Å². The minimum absolute atomic E-state index is 0.0195. The number of sulfonamides is 1. The summed E-state index contributed by atoms with van der Waals surface area (Å²) in [6, 6.07) is 7.13. The number of halogens is 3. The highest BCUT2D eigenvalue weighted by Gasteiger charge is 2.37. The van der Waals surface area contributed by atoms with Crippen LogP contribution in [0.1, 0.15) is 37.3 Å². The van der Waals surface area contributed by atoms with Crippen molar-refractivity contribution in [3.8, 4) is 0 Å². The van der Waals surface area contributed by atoms with Crippen LogP contribution in [0.5, 0.6) is 0 Å². The number of anilines is 3. The predicted molar refractivity (Wildman–Crippen MR) is 122 cm³/mol.